The van der Waals surface area contributed by atoms with Crippen LogP contribution in [0.3, 0.4) is 0 Å². The van der Waals surface area contributed by atoms with Gasteiger partial charge in [0, 0.05) is 47.7 Å². The lowest BCUT2D eigenvalue weighted by atomic mass is 10.1. The van der Waals surface area contributed by atoms with Gasteiger partial charge in [-0.25, -0.2) is 0 Å². The zero-order chi connectivity index (χ0) is 12.3. The summed E-state index contributed by atoms with van der Waals surface area (Å²) in [7, 11) is 1.88. The van der Waals surface area contributed by atoms with E-state index >= 15 is 0 Å². The van der Waals surface area contributed by atoms with Gasteiger partial charge in [-0.15, -0.1) is 5.10 Å². The minimum atomic E-state index is 0.263. The number of hydrogen-bond donors (Lipinski definition) is 2. The van der Waals surface area contributed by atoms with E-state index in [1.165, 1.54) is 11.5 Å². The summed E-state index contributed by atoms with van der Waals surface area (Å²) in [6.45, 7) is 2.28. The predicted octanol–water partition coefficient (Wildman–Crippen LogP) is 0.427. The second-order valence-electron chi connectivity index (χ2n) is 4.27. The molecule has 2 rings (SSSR count). The Morgan fingerprint density at radius 3 is 2.94 bits per heavy atom. The van der Waals surface area contributed by atoms with Crippen LogP contribution in [0.15, 0.2) is 6.20 Å². The third kappa shape index (κ3) is 3.37. The van der Waals surface area contributed by atoms with Crippen molar-refractivity contribution in [1.29, 1.82) is 0 Å². The number of rotatable bonds is 4. The maximum atomic E-state index is 5.69. The summed E-state index contributed by atoms with van der Waals surface area (Å²) < 4.78 is 1.73. The van der Waals surface area contributed by atoms with E-state index in [1.54, 1.807) is 4.68 Å². The van der Waals surface area contributed by atoms with Crippen molar-refractivity contribution < 1.29 is 0 Å². The van der Waals surface area contributed by atoms with Crippen LogP contribution >= 0.6 is 23.5 Å². The molecule has 0 radical (unpaired) electrons. The fourth-order valence-corrected chi connectivity index (χ4v) is 5.02. The van der Waals surface area contributed by atoms with Crippen LogP contribution in [0, 0.1) is 0 Å². The second-order valence-corrected chi connectivity index (χ2v) is 7.04. The van der Waals surface area contributed by atoms with E-state index in [4.69, 9.17) is 5.84 Å². The average molecular weight is 273 g/mol. The minimum Gasteiger partial charge on any atom is -0.271 e. The Labute approximate surface area is 110 Å². The van der Waals surface area contributed by atoms with Crippen LogP contribution in [-0.4, -0.2) is 43.0 Å². The van der Waals surface area contributed by atoms with Crippen LogP contribution in [0.1, 0.15) is 12.6 Å². The van der Waals surface area contributed by atoms with Crippen LogP contribution in [0.2, 0.25) is 0 Å². The molecular weight excluding hydrogens is 254 g/mol. The molecule has 0 amide bonds. The topological polar surface area (TPSA) is 68.8 Å². The fraction of sp³-hybridized carbons (Fsp3) is 0.800. The van der Waals surface area contributed by atoms with Crippen molar-refractivity contribution in [2.75, 3.05) is 11.5 Å². The maximum Gasteiger partial charge on any atom is 0.0843 e. The van der Waals surface area contributed by atoms with Crippen molar-refractivity contribution in [3.05, 3.63) is 11.9 Å². The molecule has 3 unspecified atom stereocenters. The average Bonchev–Trinajstić information content (AvgIpc) is 2.73. The van der Waals surface area contributed by atoms with Gasteiger partial charge in [0.25, 0.3) is 0 Å². The maximum absolute atomic E-state index is 5.69. The van der Waals surface area contributed by atoms with E-state index in [-0.39, 0.29) is 6.04 Å². The lowest BCUT2D eigenvalue weighted by molar-refractivity contribution is 0.496. The first-order valence-electron chi connectivity index (χ1n) is 5.75. The van der Waals surface area contributed by atoms with E-state index in [0.717, 1.165) is 12.1 Å². The highest BCUT2D eigenvalue weighted by Gasteiger charge is 2.30. The summed E-state index contributed by atoms with van der Waals surface area (Å²) in [5.41, 5.74) is 3.95. The van der Waals surface area contributed by atoms with Crippen LogP contribution in [0.5, 0.6) is 0 Å². The molecule has 3 N–H and O–H groups in total. The standard InChI is InChI=1S/C10H19N5S2/c1-7-10(17-4-3-16-7)9(12-11)5-8-6-15(2)14-13-8/h6-7,9-10,12H,3-5,11H2,1-2H3. The number of hydrazine groups is 1. The van der Waals surface area contributed by atoms with Gasteiger partial charge in [-0.1, -0.05) is 12.1 Å². The molecule has 1 aliphatic heterocycles. The van der Waals surface area contributed by atoms with Gasteiger partial charge >= 0.3 is 0 Å². The summed E-state index contributed by atoms with van der Waals surface area (Å²) in [5.74, 6) is 8.14. The molecule has 3 atom stereocenters. The normalized spacial score (nSPS) is 27.0. The Hall–Kier alpha value is -0.240. The summed E-state index contributed by atoms with van der Waals surface area (Å²) in [6, 6.07) is 0.263. The van der Waals surface area contributed by atoms with Gasteiger partial charge in [-0.2, -0.15) is 23.5 Å². The molecule has 17 heavy (non-hydrogen) atoms. The third-order valence-electron chi connectivity index (χ3n) is 2.93. The first-order chi connectivity index (χ1) is 8.20. The van der Waals surface area contributed by atoms with Crippen molar-refractivity contribution in [1.82, 2.24) is 20.4 Å². The summed E-state index contributed by atoms with van der Waals surface area (Å²) in [5, 5.41) is 9.25. The quantitative estimate of drug-likeness (QED) is 0.612. The third-order valence-corrected chi connectivity index (χ3v) is 6.18. The summed E-state index contributed by atoms with van der Waals surface area (Å²) in [4.78, 5) is 0. The number of thioether (sulfide) groups is 2. The van der Waals surface area contributed by atoms with Crippen LogP contribution in [-0.2, 0) is 13.5 Å². The van der Waals surface area contributed by atoms with E-state index in [2.05, 4.69) is 22.7 Å². The number of aryl methyl sites for hydroxylation is 1. The number of nitrogens with two attached hydrogens (primary N) is 1. The van der Waals surface area contributed by atoms with Crippen LogP contribution < -0.4 is 11.3 Å². The van der Waals surface area contributed by atoms with Crippen molar-refractivity contribution in [3.8, 4) is 0 Å². The largest absolute Gasteiger partial charge is 0.271 e. The van der Waals surface area contributed by atoms with Gasteiger partial charge in [0.05, 0.1) is 5.69 Å². The first kappa shape index (κ1) is 13.2. The molecule has 0 aromatic carbocycles. The van der Waals surface area contributed by atoms with Gasteiger partial charge in [0.15, 0.2) is 0 Å². The number of nitrogens with zero attached hydrogens (tertiary/aromatic N) is 3. The first-order valence-corrected chi connectivity index (χ1v) is 7.85. The highest BCUT2D eigenvalue weighted by molar-refractivity contribution is 8.07. The van der Waals surface area contributed by atoms with E-state index in [1.807, 2.05) is 36.8 Å². The SMILES string of the molecule is CC1SCCSC1C(Cc1cn(C)nn1)NN. The Morgan fingerprint density at radius 1 is 1.59 bits per heavy atom. The monoisotopic (exact) mass is 273 g/mol. The molecule has 96 valence electrons. The van der Waals surface area contributed by atoms with Gasteiger partial charge in [-0.3, -0.25) is 16.0 Å². The van der Waals surface area contributed by atoms with Crippen molar-refractivity contribution in [3.63, 3.8) is 0 Å². The molecule has 0 bridgehead atoms. The van der Waals surface area contributed by atoms with Crippen LogP contribution in [0.25, 0.3) is 0 Å². The molecule has 0 aliphatic carbocycles. The highest BCUT2D eigenvalue weighted by atomic mass is 32.2. The molecule has 1 fully saturated rings. The molecule has 1 aromatic rings. The molecule has 1 aliphatic rings. The highest BCUT2D eigenvalue weighted by Crippen LogP contribution is 2.33. The molecule has 7 heteroatoms. The van der Waals surface area contributed by atoms with E-state index < -0.39 is 0 Å². The second kappa shape index (κ2) is 6.08. The van der Waals surface area contributed by atoms with E-state index in [9.17, 15) is 0 Å². The molecular formula is C10H19N5S2. The number of nitrogens with one attached hydrogen (secondary N) is 1. The van der Waals surface area contributed by atoms with Gasteiger partial charge < -0.3 is 0 Å². The fourth-order valence-electron chi connectivity index (χ4n) is 2.08. The Kier molecular flexibility index (Phi) is 4.72. The molecule has 1 saturated heterocycles. The van der Waals surface area contributed by atoms with Gasteiger partial charge in [-0.05, 0) is 0 Å². The lowest BCUT2D eigenvalue weighted by Crippen LogP contribution is -2.48. The zero-order valence-electron chi connectivity index (χ0n) is 10.2. The summed E-state index contributed by atoms with van der Waals surface area (Å²) in [6.07, 6.45) is 2.79. The number of aromatic nitrogens is 3. The smallest absolute Gasteiger partial charge is 0.0843 e. The summed E-state index contributed by atoms with van der Waals surface area (Å²) >= 11 is 4.04. The molecule has 5 nitrogen and oxygen atoms in total. The molecule has 2 heterocycles. The van der Waals surface area contributed by atoms with Gasteiger partial charge in [0.1, 0.15) is 0 Å². The lowest BCUT2D eigenvalue weighted by Gasteiger charge is -2.33. The zero-order valence-corrected chi connectivity index (χ0v) is 11.8. The molecule has 1 aromatic heterocycles. The number of hydrogen-bond acceptors (Lipinski definition) is 6. The van der Waals surface area contributed by atoms with Crippen molar-refractivity contribution in [2.24, 2.45) is 12.9 Å². The molecule has 0 saturated carbocycles. The van der Waals surface area contributed by atoms with Crippen LogP contribution in [0.4, 0.5) is 0 Å². The van der Waals surface area contributed by atoms with E-state index in [0.29, 0.717) is 10.5 Å². The minimum absolute atomic E-state index is 0.263. The van der Waals surface area contributed by atoms with Gasteiger partial charge in [0.2, 0.25) is 0 Å². The van der Waals surface area contributed by atoms with Crippen molar-refractivity contribution >= 4 is 23.5 Å². The predicted molar refractivity (Wildman–Crippen MR) is 74.0 cm³/mol. The Morgan fingerprint density at radius 2 is 2.35 bits per heavy atom. The Bertz CT molecular complexity index is 356. The molecule has 0 spiro atoms. The Balaban J connectivity index is 2.00. The van der Waals surface area contributed by atoms with Crippen molar-refractivity contribution in [2.45, 2.75) is 29.9 Å².